The van der Waals surface area contributed by atoms with Crippen molar-refractivity contribution in [3.8, 4) is 11.4 Å². The highest BCUT2D eigenvalue weighted by Gasteiger charge is 2.09. The zero-order valence-electron chi connectivity index (χ0n) is 13.6. The van der Waals surface area contributed by atoms with Gasteiger partial charge in [-0.1, -0.05) is 18.2 Å². The summed E-state index contributed by atoms with van der Waals surface area (Å²) in [5.41, 5.74) is 2.54. The van der Waals surface area contributed by atoms with E-state index >= 15 is 0 Å². The molecule has 7 heteroatoms. The molecule has 0 bridgehead atoms. The molecule has 25 heavy (non-hydrogen) atoms. The lowest BCUT2D eigenvalue weighted by molar-refractivity contribution is -0.116. The first-order valence-electron chi connectivity index (χ1n) is 7.73. The molecule has 0 aliphatic carbocycles. The number of rotatable bonds is 6. The number of aromatic nitrogens is 3. The van der Waals surface area contributed by atoms with Crippen molar-refractivity contribution in [2.75, 3.05) is 12.4 Å². The maximum atomic E-state index is 12.3. The van der Waals surface area contributed by atoms with Crippen LogP contribution in [0, 0.1) is 0 Å². The first-order chi connectivity index (χ1) is 12.2. The van der Waals surface area contributed by atoms with Crippen molar-refractivity contribution in [1.29, 1.82) is 0 Å². The van der Waals surface area contributed by atoms with E-state index in [9.17, 15) is 4.79 Å². The van der Waals surface area contributed by atoms with Gasteiger partial charge in [0.2, 0.25) is 5.91 Å². The summed E-state index contributed by atoms with van der Waals surface area (Å²) in [6.07, 6.45) is 4.07. The van der Waals surface area contributed by atoms with Gasteiger partial charge in [0.25, 0.3) is 0 Å². The summed E-state index contributed by atoms with van der Waals surface area (Å²) in [4.78, 5) is 16.3. The van der Waals surface area contributed by atoms with Crippen molar-refractivity contribution in [3.63, 3.8) is 0 Å². The monoisotopic (exact) mass is 400 g/mol. The molecule has 0 saturated heterocycles. The Morgan fingerprint density at radius 2 is 2.12 bits per heavy atom. The minimum absolute atomic E-state index is 0.0560. The van der Waals surface area contributed by atoms with E-state index in [1.807, 2.05) is 42.5 Å². The number of amides is 1. The smallest absolute Gasteiger partial charge is 0.224 e. The highest BCUT2D eigenvalue weighted by Crippen LogP contribution is 2.26. The number of methoxy groups -OCH3 is 1. The van der Waals surface area contributed by atoms with E-state index < -0.39 is 0 Å². The van der Waals surface area contributed by atoms with Crippen LogP contribution in [0.15, 0.2) is 59.6 Å². The van der Waals surface area contributed by atoms with E-state index in [1.165, 1.54) is 6.33 Å². The van der Waals surface area contributed by atoms with Gasteiger partial charge in [-0.15, -0.1) is 0 Å². The molecule has 0 radical (unpaired) electrons. The average Bonchev–Trinajstić information content (AvgIpc) is 3.15. The standard InChI is InChI=1S/C18H17BrN4O2/c1-25-17-8-6-13(10-14(17)19)7-9-18(24)22-15-4-2-3-5-16(15)23-12-20-11-21-23/h2-6,8,10-12H,7,9H2,1H3,(H,22,24). The van der Waals surface area contributed by atoms with E-state index in [0.29, 0.717) is 18.5 Å². The third-order valence-electron chi connectivity index (χ3n) is 3.70. The Morgan fingerprint density at radius 1 is 1.28 bits per heavy atom. The molecule has 1 amide bonds. The molecule has 1 heterocycles. The summed E-state index contributed by atoms with van der Waals surface area (Å²) in [6.45, 7) is 0. The molecule has 1 aromatic heterocycles. The summed E-state index contributed by atoms with van der Waals surface area (Å²) in [6, 6.07) is 13.3. The fraction of sp³-hybridized carbons (Fsp3) is 0.167. The van der Waals surface area contributed by atoms with Crippen LogP contribution in [0.3, 0.4) is 0 Å². The van der Waals surface area contributed by atoms with Gasteiger partial charge in [-0.2, -0.15) is 5.10 Å². The molecule has 0 saturated carbocycles. The number of para-hydroxylation sites is 2. The number of carbonyl (C=O) groups is 1. The summed E-state index contributed by atoms with van der Waals surface area (Å²) in [7, 11) is 1.62. The molecule has 0 atom stereocenters. The van der Waals surface area contributed by atoms with Crippen LogP contribution in [0.25, 0.3) is 5.69 Å². The molecule has 0 aliphatic heterocycles. The first kappa shape index (κ1) is 17.2. The van der Waals surface area contributed by atoms with Gasteiger partial charge in [0.15, 0.2) is 0 Å². The normalized spacial score (nSPS) is 10.5. The second-order valence-electron chi connectivity index (χ2n) is 5.37. The lowest BCUT2D eigenvalue weighted by Crippen LogP contribution is -2.14. The molecular weight excluding hydrogens is 384 g/mol. The summed E-state index contributed by atoms with van der Waals surface area (Å²) >= 11 is 3.46. The highest BCUT2D eigenvalue weighted by atomic mass is 79.9. The van der Waals surface area contributed by atoms with Gasteiger partial charge in [-0.25, -0.2) is 9.67 Å². The number of aryl methyl sites for hydroxylation is 1. The topological polar surface area (TPSA) is 69.0 Å². The van der Waals surface area contributed by atoms with Crippen LogP contribution in [0.2, 0.25) is 0 Å². The Kier molecular flexibility index (Phi) is 5.45. The maximum Gasteiger partial charge on any atom is 0.224 e. The van der Waals surface area contributed by atoms with E-state index in [-0.39, 0.29) is 5.91 Å². The zero-order valence-corrected chi connectivity index (χ0v) is 15.2. The molecule has 0 fully saturated rings. The number of nitrogens with zero attached hydrogens (tertiary/aromatic N) is 3. The minimum atomic E-state index is -0.0560. The van der Waals surface area contributed by atoms with Crippen LogP contribution >= 0.6 is 15.9 Å². The van der Waals surface area contributed by atoms with Crippen LogP contribution in [-0.4, -0.2) is 27.8 Å². The lowest BCUT2D eigenvalue weighted by Gasteiger charge is -2.11. The average molecular weight is 401 g/mol. The molecule has 0 spiro atoms. The van der Waals surface area contributed by atoms with Crippen molar-refractivity contribution >= 4 is 27.5 Å². The van der Waals surface area contributed by atoms with Crippen LogP contribution < -0.4 is 10.1 Å². The van der Waals surface area contributed by atoms with Gasteiger partial charge in [-0.3, -0.25) is 4.79 Å². The maximum absolute atomic E-state index is 12.3. The fourth-order valence-corrected chi connectivity index (χ4v) is 3.04. The third-order valence-corrected chi connectivity index (χ3v) is 4.32. The number of benzene rings is 2. The van der Waals surface area contributed by atoms with Gasteiger partial charge < -0.3 is 10.1 Å². The van der Waals surface area contributed by atoms with Gasteiger partial charge in [0.05, 0.1) is 23.0 Å². The van der Waals surface area contributed by atoms with E-state index in [4.69, 9.17) is 4.74 Å². The quantitative estimate of drug-likeness (QED) is 0.685. The summed E-state index contributed by atoms with van der Waals surface area (Å²) in [5.74, 6) is 0.717. The number of carbonyl (C=O) groups excluding carboxylic acids is 1. The minimum Gasteiger partial charge on any atom is -0.496 e. The third kappa shape index (κ3) is 4.24. The van der Waals surface area contributed by atoms with E-state index in [0.717, 1.165) is 21.5 Å². The van der Waals surface area contributed by atoms with Crippen molar-refractivity contribution in [2.45, 2.75) is 12.8 Å². The van der Waals surface area contributed by atoms with Gasteiger partial charge >= 0.3 is 0 Å². The van der Waals surface area contributed by atoms with Crippen LogP contribution in [-0.2, 0) is 11.2 Å². The highest BCUT2D eigenvalue weighted by molar-refractivity contribution is 9.10. The molecule has 3 rings (SSSR count). The Hall–Kier alpha value is -2.67. The van der Waals surface area contributed by atoms with Crippen molar-refractivity contribution in [1.82, 2.24) is 14.8 Å². The van der Waals surface area contributed by atoms with Crippen molar-refractivity contribution < 1.29 is 9.53 Å². The van der Waals surface area contributed by atoms with E-state index in [2.05, 4.69) is 31.3 Å². The van der Waals surface area contributed by atoms with Gasteiger partial charge in [-0.05, 0) is 52.2 Å². The van der Waals surface area contributed by atoms with Gasteiger partial charge in [0, 0.05) is 6.42 Å². The molecule has 2 aromatic carbocycles. The first-order valence-corrected chi connectivity index (χ1v) is 8.53. The lowest BCUT2D eigenvalue weighted by atomic mass is 10.1. The molecular formula is C18H17BrN4O2. The molecule has 0 aliphatic rings. The molecule has 0 unspecified atom stereocenters. The van der Waals surface area contributed by atoms with Gasteiger partial charge in [0.1, 0.15) is 18.4 Å². The van der Waals surface area contributed by atoms with Crippen LogP contribution in [0.5, 0.6) is 5.75 Å². The Morgan fingerprint density at radius 3 is 2.84 bits per heavy atom. The second-order valence-corrected chi connectivity index (χ2v) is 6.23. The number of nitrogens with one attached hydrogen (secondary N) is 1. The largest absolute Gasteiger partial charge is 0.496 e. The zero-order chi connectivity index (χ0) is 17.6. The van der Waals surface area contributed by atoms with Crippen molar-refractivity contribution in [3.05, 3.63) is 65.2 Å². The number of hydrogen-bond donors (Lipinski definition) is 1. The van der Waals surface area contributed by atoms with Crippen LogP contribution in [0.4, 0.5) is 5.69 Å². The predicted octanol–water partition coefficient (Wildman–Crippen LogP) is 3.61. The number of ether oxygens (including phenoxy) is 1. The summed E-state index contributed by atoms with van der Waals surface area (Å²) < 4.78 is 7.71. The van der Waals surface area contributed by atoms with Crippen LogP contribution in [0.1, 0.15) is 12.0 Å². The Bertz CT molecular complexity index is 865. The Balaban J connectivity index is 1.65. The molecule has 1 N–H and O–H groups in total. The number of halogens is 1. The predicted molar refractivity (Wildman–Crippen MR) is 99.0 cm³/mol. The SMILES string of the molecule is COc1ccc(CCC(=O)Nc2ccccc2-n2cncn2)cc1Br. The fourth-order valence-electron chi connectivity index (χ4n) is 2.45. The number of anilines is 1. The summed E-state index contributed by atoms with van der Waals surface area (Å²) in [5, 5.41) is 7.05. The molecule has 3 aromatic rings. The Labute approximate surface area is 154 Å². The van der Waals surface area contributed by atoms with E-state index in [1.54, 1.807) is 18.1 Å². The molecule has 6 nitrogen and oxygen atoms in total. The molecule has 128 valence electrons. The second kappa shape index (κ2) is 7.94. The van der Waals surface area contributed by atoms with Crippen molar-refractivity contribution in [2.24, 2.45) is 0 Å². The number of hydrogen-bond acceptors (Lipinski definition) is 4.